The molecule has 0 saturated heterocycles. The Morgan fingerprint density at radius 2 is 0.838 bits per heavy atom. The zero-order valence-corrected chi connectivity index (χ0v) is 43.5. The van der Waals surface area contributed by atoms with E-state index in [1.807, 2.05) is 0 Å². The number of hydrogen-bond donors (Lipinski definition) is 7. The molecule has 0 aromatic rings. The van der Waals surface area contributed by atoms with Crippen molar-refractivity contribution in [1.82, 2.24) is 47.0 Å². The highest BCUT2D eigenvalue weighted by atomic mass is 16.6. The fourth-order valence-corrected chi connectivity index (χ4v) is 5.90. The molecule has 6 amide bonds. The smallest absolute Gasteiger partial charge is 0.437 e. The normalized spacial score (nSPS) is 14.8. The molecule has 2 fully saturated rings. The Hall–Kier alpha value is -5.50. The molecule has 21 nitrogen and oxygen atoms in total. The summed E-state index contributed by atoms with van der Waals surface area (Å²) >= 11 is 0. The number of hydrogen-bond acceptors (Lipinski definition) is 10. The highest BCUT2D eigenvalue weighted by Crippen LogP contribution is 2.28. The van der Waals surface area contributed by atoms with E-state index in [0.717, 1.165) is 25.7 Å². The maximum atomic E-state index is 14.6. The number of amides is 6. The van der Waals surface area contributed by atoms with Gasteiger partial charge in [0.15, 0.2) is 0 Å². The van der Waals surface area contributed by atoms with Gasteiger partial charge in [0.1, 0.15) is 34.1 Å². The molecule has 2 aliphatic carbocycles. The first-order valence-electron chi connectivity index (χ1n) is 24.1. The van der Waals surface area contributed by atoms with E-state index in [1.54, 1.807) is 99.8 Å². The van der Waals surface area contributed by atoms with Crippen molar-refractivity contribution in [2.24, 2.45) is 26.8 Å². The number of nitrogens with one attached hydrogen (secondary N) is 7. The van der Waals surface area contributed by atoms with Crippen molar-refractivity contribution < 1.29 is 42.9 Å². The fourth-order valence-electron chi connectivity index (χ4n) is 5.90. The van der Waals surface area contributed by atoms with Crippen molar-refractivity contribution in [2.75, 3.05) is 65.4 Å². The molecule has 2 saturated carbocycles. The monoisotopic (exact) mass is 963 g/mol. The van der Waals surface area contributed by atoms with E-state index in [1.165, 1.54) is 0 Å². The Morgan fingerprint density at radius 3 is 1.19 bits per heavy atom. The third-order valence-electron chi connectivity index (χ3n) is 9.27. The number of nitrogens with zero attached hydrogens (tertiary/aromatic N) is 5. The van der Waals surface area contributed by atoms with Crippen LogP contribution in [0.2, 0.25) is 0 Å². The summed E-state index contributed by atoms with van der Waals surface area (Å²) in [5, 5.41) is 21.8. The topological polar surface area (TPSA) is 250 Å². The van der Waals surface area contributed by atoms with Gasteiger partial charge in [-0.25, -0.2) is 24.0 Å². The third kappa shape index (κ3) is 31.5. The zero-order valence-electron chi connectivity index (χ0n) is 43.5. The summed E-state index contributed by atoms with van der Waals surface area (Å²) in [6.45, 7) is 31.3. The average molecular weight is 963 g/mol. The largest absolute Gasteiger partial charge is 0.444 e. The van der Waals surface area contributed by atoms with Crippen LogP contribution in [0.3, 0.4) is 0 Å². The number of carbonyl (C=O) groups excluding carboxylic acids is 5. The van der Waals surface area contributed by atoms with Gasteiger partial charge in [-0.15, -0.1) is 9.98 Å². The number of urea groups is 1. The van der Waals surface area contributed by atoms with Gasteiger partial charge in [-0.05, 0) is 153 Å². The molecule has 0 aliphatic heterocycles. The molecule has 0 spiro atoms. The van der Waals surface area contributed by atoms with Crippen molar-refractivity contribution in [3.63, 3.8) is 0 Å². The summed E-state index contributed by atoms with van der Waals surface area (Å²) in [4.78, 5) is 80.4. The van der Waals surface area contributed by atoms with Crippen LogP contribution in [0.4, 0.5) is 24.0 Å². The highest BCUT2D eigenvalue weighted by Gasteiger charge is 2.25. The van der Waals surface area contributed by atoms with E-state index in [-0.39, 0.29) is 11.9 Å². The lowest BCUT2D eigenvalue weighted by Gasteiger charge is -2.31. The Morgan fingerprint density at radius 1 is 0.500 bits per heavy atom. The lowest BCUT2D eigenvalue weighted by atomic mass is 10.2. The second-order valence-corrected chi connectivity index (χ2v) is 21.2. The van der Waals surface area contributed by atoms with E-state index < -0.39 is 46.8 Å². The molecule has 388 valence electrons. The van der Waals surface area contributed by atoms with Gasteiger partial charge in [-0.1, -0.05) is 6.58 Å². The number of aliphatic imine (C=N–C) groups is 3. The quantitative estimate of drug-likeness (QED) is 0.0263. The van der Waals surface area contributed by atoms with Crippen molar-refractivity contribution >= 4 is 48.2 Å². The molecule has 0 aromatic heterocycles. The van der Waals surface area contributed by atoms with Crippen LogP contribution in [0.25, 0.3) is 0 Å². The molecule has 7 N–H and O–H groups in total. The number of guanidine groups is 2. The maximum Gasteiger partial charge on any atom is 0.437 e. The molecule has 0 radical (unpaired) electrons. The Labute approximate surface area is 405 Å². The minimum absolute atomic E-state index is 0.196. The average Bonchev–Trinajstić information content (AvgIpc) is 4.10. The summed E-state index contributed by atoms with van der Waals surface area (Å²) < 4.78 is 21.5. The predicted octanol–water partition coefficient (Wildman–Crippen LogP) is 6.56. The lowest BCUT2D eigenvalue weighted by molar-refractivity contribution is 0.0538. The molecular formula is C47H86N12O9. The Kier molecular flexibility index (Phi) is 24.2. The molecule has 0 aromatic carbocycles. The van der Waals surface area contributed by atoms with Crippen LogP contribution in [-0.4, -0.2) is 146 Å². The van der Waals surface area contributed by atoms with Gasteiger partial charge in [-0.3, -0.25) is 5.32 Å². The minimum Gasteiger partial charge on any atom is -0.444 e. The Balaban J connectivity index is 2.27. The number of alkyl carbamates (subject to hydrolysis) is 1. The van der Waals surface area contributed by atoms with Gasteiger partial charge in [0.25, 0.3) is 0 Å². The summed E-state index contributed by atoms with van der Waals surface area (Å²) in [7, 11) is 0. The van der Waals surface area contributed by atoms with Gasteiger partial charge in [0.05, 0.1) is 0 Å². The lowest BCUT2D eigenvalue weighted by Crippen LogP contribution is -2.47. The predicted molar refractivity (Wildman–Crippen MR) is 266 cm³/mol. The Bertz CT molecular complexity index is 1730. The molecule has 2 rings (SSSR count). The number of carbonyl (C=O) groups is 5. The van der Waals surface area contributed by atoms with Gasteiger partial charge in [0.2, 0.25) is 11.9 Å². The molecule has 0 heterocycles. The van der Waals surface area contributed by atoms with E-state index in [2.05, 4.69) is 58.8 Å². The maximum absolute atomic E-state index is 14.6. The van der Waals surface area contributed by atoms with Crippen LogP contribution in [0.15, 0.2) is 27.4 Å². The molecular weight excluding hydrogens is 877 g/mol. The molecule has 68 heavy (non-hydrogen) atoms. The van der Waals surface area contributed by atoms with E-state index in [0.29, 0.717) is 121 Å². The zero-order chi connectivity index (χ0) is 51.1. The van der Waals surface area contributed by atoms with Crippen molar-refractivity contribution in [3.8, 4) is 0 Å². The number of rotatable bonds is 22. The number of amidine groups is 1. The first-order valence-corrected chi connectivity index (χ1v) is 24.1. The van der Waals surface area contributed by atoms with E-state index >= 15 is 0 Å². The minimum atomic E-state index is -0.705. The van der Waals surface area contributed by atoms with Crippen molar-refractivity contribution in [3.05, 3.63) is 12.4 Å². The second kappa shape index (κ2) is 28.1. The van der Waals surface area contributed by atoms with Crippen LogP contribution in [-0.2, 0) is 18.9 Å². The van der Waals surface area contributed by atoms with Crippen LogP contribution >= 0.6 is 0 Å². The van der Waals surface area contributed by atoms with Crippen LogP contribution in [0.1, 0.15) is 141 Å². The summed E-state index contributed by atoms with van der Waals surface area (Å²) in [6.07, 6.45) is 3.79. The molecule has 0 bridgehead atoms. The van der Waals surface area contributed by atoms with Crippen LogP contribution in [0, 0.1) is 11.8 Å². The molecule has 0 unspecified atom stereocenters. The summed E-state index contributed by atoms with van der Waals surface area (Å²) in [5.74, 6) is 2.35. The first kappa shape index (κ1) is 58.6. The second-order valence-electron chi connectivity index (χ2n) is 21.2. The number of ether oxygens (including phenoxy) is 4. The van der Waals surface area contributed by atoms with Gasteiger partial charge >= 0.3 is 30.4 Å². The highest BCUT2D eigenvalue weighted by molar-refractivity contribution is 5.91. The fraction of sp³-hybridized carbons (Fsp3) is 0.787. The molecule has 0 atom stereocenters. The van der Waals surface area contributed by atoms with Gasteiger partial charge < -0.3 is 60.6 Å². The SMILES string of the molecule is C=C(NCCCN(CCCN/C(=N\C(=O)OC(C)(C)C)NCC1CC1)C(=O)N(CCCN/C(C)=N\C(=O)OC(C)(C)C)CCCN/C(=N/C(=O)OC(C)(C)C)NCC1CC1)NC(=O)OC(C)(C)C. The van der Waals surface area contributed by atoms with Gasteiger partial charge in [-0.2, -0.15) is 4.99 Å². The van der Waals surface area contributed by atoms with Gasteiger partial charge in [0, 0.05) is 65.4 Å². The van der Waals surface area contributed by atoms with E-state index in [9.17, 15) is 24.0 Å². The summed E-state index contributed by atoms with van der Waals surface area (Å²) in [5.41, 5.74) is -2.77. The van der Waals surface area contributed by atoms with E-state index in [4.69, 9.17) is 18.9 Å². The van der Waals surface area contributed by atoms with Crippen LogP contribution in [0.5, 0.6) is 0 Å². The van der Waals surface area contributed by atoms with Crippen molar-refractivity contribution in [1.29, 1.82) is 0 Å². The van der Waals surface area contributed by atoms with Crippen molar-refractivity contribution in [2.45, 2.75) is 164 Å². The third-order valence-corrected chi connectivity index (χ3v) is 9.27. The van der Waals surface area contributed by atoms with Crippen LogP contribution < -0.4 is 37.2 Å². The molecule has 2 aliphatic rings. The first-order chi connectivity index (χ1) is 31.6. The summed E-state index contributed by atoms with van der Waals surface area (Å²) in [6, 6.07) is -0.196. The standard InChI is InChI=1S/C47H86N12O9/c1-33(54-39(60)65-44(3,4)5)48-23-15-27-58(29-17-25-50-37(52-31-35-19-20-35)56-41(62)67-46(9,10)11)43(64)59(28-16-24-49-34(2)55-40(61)66-45(6,7)8)30-18-26-51-38(53-32-36-21-22-36)57-42(63)68-47(12,13)14/h35-36,48H,1,15-32H2,2-14H3,(H,54,60)(H,49,55,61)(H2,50,52,56,62)(H2,51,53,57,63). The molecule has 21 heteroatoms.